The Morgan fingerprint density at radius 1 is 0.879 bits per heavy atom. The highest BCUT2D eigenvalue weighted by atomic mass is 19.4. The van der Waals surface area contributed by atoms with Crippen molar-refractivity contribution in [1.82, 2.24) is 21.1 Å². The Balaban J connectivity index is 1.39. The third kappa shape index (κ3) is 5.22. The van der Waals surface area contributed by atoms with E-state index in [4.69, 9.17) is 15.2 Å². The summed E-state index contributed by atoms with van der Waals surface area (Å²) in [7, 11) is 0. The van der Waals surface area contributed by atoms with Crippen molar-refractivity contribution in [2.24, 2.45) is 23.5 Å². The Labute approximate surface area is 194 Å². The number of nitrogens with two attached hydrogens (primary N) is 1. The lowest BCUT2D eigenvalue weighted by molar-refractivity contribution is -0.211. The van der Waals surface area contributed by atoms with E-state index in [0.29, 0.717) is 18.4 Å². The summed E-state index contributed by atoms with van der Waals surface area (Å²) in [5, 5.41) is 3.34. The molecule has 0 aromatic rings. The predicted octanol–water partition coefficient (Wildman–Crippen LogP) is 2.43. The van der Waals surface area contributed by atoms with Crippen LogP contribution in [-0.4, -0.2) is 67.6 Å². The fraction of sp³-hybridized carbons (Fsp3) is 1.00. The van der Waals surface area contributed by atoms with Crippen molar-refractivity contribution in [1.29, 1.82) is 0 Å². The number of piperidine rings is 1. The Hall–Kier alpha value is -0.490. The first kappa shape index (κ1) is 24.2. The van der Waals surface area contributed by atoms with Gasteiger partial charge in [-0.1, -0.05) is 19.3 Å². The highest BCUT2D eigenvalue weighted by Gasteiger charge is 2.55. The molecule has 0 aliphatic carbocycles. The van der Waals surface area contributed by atoms with Crippen LogP contribution >= 0.6 is 0 Å². The van der Waals surface area contributed by atoms with Gasteiger partial charge in [0.1, 0.15) is 12.5 Å². The van der Waals surface area contributed by atoms with E-state index in [1.54, 1.807) is 0 Å². The minimum absolute atomic E-state index is 0.0787. The third-order valence-electron chi connectivity index (χ3n) is 8.75. The number of hydrogen-bond donors (Lipinski definition) is 4. The van der Waals surface area contributed by atoms with Crippen molar-refractivity contribution in [3.8, 4) is 0 Å². The average molecular weight is 476 g/mol. The average Bonchev–Trinajstić information content (AvgIpc) is 3.45. The zero-order chi connectivity index (χ0) is 23.0. The van der Waals surface area contributed by atoms with Crippen molar-refractivity contribution in [2.45, 2.75) is 107 Å². The molecule has 7 unspecified atom stereocenters. The van der Waals surface area contributed by atoms with Gasteiger partial charge in [-0.3, -0.25) is 10.2 Å². The van der Waals surface area contributed by atoms with Gasteiger partial charge < -0.3 is 15.2 Å². The Morgan fingerprint density at radius 2 is 1.61 bits per heavy atom. The molecule has 33 heavy (non-hydrogen) atoms. The maximum atomic E-state index is 14.1. The number of hydrogen-bond acceptors (Lipinski definition) is 7. The monoisotopic (exact) mass is 475 g/mol. The molecule has 4 bridgehead atoms. The third-order valence-corrected chi connectivity index (χ3v) is 8.75. The number of nitrogens with one attached hydrogen (secondary N) is 3. The molecular weight excluding hydrogens is 435 g/mol. The molecule has 5 heterocycles. The first-order valence-electron chi connectivity index (χ1n) is 13.0. The Kier molecular flexibility index (Phi) is 7.52. The molecule has 0 aromatic heterocycles. The van der Waals surface area contributed by atoms with E-state index in [1.165, 1.54) is 0 Å². The summed E-state index contributed by atoms with van der Waals surface area (Å²) in [6.07, 6.45) is 3.64. The van der Waals surface area contributed by atoms with Crippen LogP contribution in [0, 0.1) is 17.8 Å². The molecule has 0 radical (unpaired) electrons. The van der Waals surface area contributed by atoms with Gasteiger partial charge in [0.05, 0.1) is 18.1 Å². The maximum absolute atomic E-state index is 14.1. The zero-order valence-electron chi connectivity index (χ0n) is 19.4. The number of halogens is 3. The normalized spacial score (nSPS) is 44.4. The molecule has 0 amide bonds. The molecule has 7 nitrogen and oxygen atoms in total. The summed E-state index contributed by atoms with van der Waals surface area (Å²) in [6, 6.07) is -0.813. The van der Waals surface area contributed by atoms with E-state index < -0.39 is 30.5 Å². The first-order valence-corrected chi connectivity index (χ1v) is 13.0. The SMILES string of the molecule is NC1CC(C(F)(F)F)C2NC1C1NNC(O1)C(C1CCOCC1)CCCCC[C@@H]1CCCN21. The highest BCUT2D eigenvalue weighted by Crippen LogP contribution is 2.41. The largest absolute Gasteiger partial charge is 0.394 e. The van der Waals surface area contributed by atoms with Crippen LogP contribution in [0.25, 0.3) is 0 Å². The Morgan fingerprint density at radius 3 is 2.39 bits per heavy atom. The van der Waals surface area contributed by atoms with Crippen LogP contribution in [0.4, 0.5) is 13.2 Å². The van der Waals surface area contributed by atoms with Gasteiger partial charge in [-0.15, -0.1) is 0 Å². The fourth-order valence-electron chi connectivity index (χ4n) is 6.98. The second-order valence-electron chi connectivity index (χ2n) is 10.7. The van der Waals surface area contributed by atoms with Crippen LogP contribution < -0.4 is 21.9 Å². The smallest absolute Gasteiger partial charge is 0.381 e. The van der Waals surface area contributed by atoms with Gasteiger partial charge in [-0.25, -0.2) is 10.9 Å². The number of alkyl halides is 3. The minimum atomic E-state index is -4.28. The number of rotatable bonds is 1. The molecular formula is C23H40F3N5O2. The molecule has 5 saturated heterocycles. The molecule has 5 aliphatic rings. The fourth-order valence-corrected chi connectivity index (χ4v) is 6.98. The van der Waals surface area contributed by atoms with Crippen molar-refractivity contribution in [3.05, 3.63) is 0 Å². The molecule has 5 fully saturated rings. The van der Waals surface area contributed by atoms with E-state index >= 15 is 0 Å². The van der Waals surface area contributed by atoms with Crippen LogP contribution in [0.15, 0.2) is 0 Å². The molecule has 0 aromatic carbocycles. The number of hydrazine groups is 1. The van der Waals surface area contributed by atoms with Crippen LogP contribution in [0.5, 0.6) is 0 Å². The summed E-state index contributed by atoms with van der Waals surface area (Å²) in [5.74, 6) is -0.571. The molecule has 10 heteroatoms. The minimum Gasteiger partial charge on any atom is -0.381 e. The summed E-state index contributed by atoms with van der Waals surface area (Å²) < 4.78 is 54.3. The van der Waals surface area contributed by atoms with Gasteiger partial charge in [-0.2, -0.15) is 13.2 Å². The maximum Gasteiger partial charge on any atom is 0.394 e. The molecule has 190 valence electrons. The lowest BCUT2D eigenvalue weighted by Gasteiger charge is -2.48. The molecule has 8 atom stereocenters. The van der Waals surface area contributed by atoms with Gasteiger partial charge in [0, 0.05) is 31.2 Å². The van der Waals surface area contributed by atoms with E-state index in [0.717, 1.165) is 71.0 Å². The summed E-state index contributed by atoms with van der Waals surface area (Å²) >= 11 is 0. The molecule has 0 saturated carbocycles. The number of ether oxygens (including phenoxy) is 2. The second kappa shape index (κ2) is 10.2. The van der Waals surface area contributed by atoms with Crippen molar-refractivity contribution in [2.75, 3.05) is 19.8 Å². The topological polar surface area (TPSA) is 83.8 Å². The van der Waals surface area contributed by atoms with Crippen LogP contribution in [0.3, 0.4) is 0 Å². The van der Waals surface area contributed by atoms with E-state index in [-0.39, 0.29) is 24.7 Å². The van der Waals surface area contributed by atoms with Gasteiger partial charge >= 0.3 is 6.18 Å². The van der Waals surface area contributed by atoms with Crippen LogP contribution in [0.2, 0.25) is 0 Å². The van der Waals surface area contributed by atoms with E-state index in [2.05, 4.69) is 21.1 Å². The zero-order valence-corrected chi connectivity index (χ0v) is 19.4. The highest BCUT2D eigenvalue weighted by molar-refractivity contribution is 5.02. The number of fused-ring (bicyclic) bond motifs is 7. The van der Waals surface area contributed by atoms with Crippen molar-refractivity contribution < 1.29 is 22.6 Å². The second-order valence-corrected chi connectivity index (χ2v) is 10.7. The summed E-state index contributed by atoms with van der Waals surface area (Å²) in [6.45, 7) is 2.29. The summed E-state index contributed by atoms with van der Waals surface area (Å²) in [5.41, 5.74) is 13.0. The molecule has 5 aliphatic heterocycles. The van der Waals surface area contributed by atoms with Crippen molar-refractivity contribution >= 4 is 0 Å². The van der Waals surface area contributed by atoms with Crippen LogP contribution in [-0.2, 0) is 9.47 Å². The molecule has 0 spiro atoms. The quantitative estimate of drug-likeness (QED) is 0.464. The summed E-state index contributed by atoms with van der Waals surface area (Å²) in [4.78, 5) is 2.09. The lowest BCUT2D eigenvalue weighted by Crippen LogP contribution is -2.70. The Bertz CT molecular complexity index is 650. The van der Waals surface area contributed by atoms with Gasteiger partial charge in [0.15, 0.2) is 0 Å². The molecule has 5 N–H and O–H groups in total. The first-order chi connectivity index (χ1) is 15.9. The van der Waals surface area contributed by atoms with Crippen molar-refractivity contribution in [3.63, 3.8) is 0 Å². The van der Waals surface area contributed by atoms with E-state index in [1.807, 2.05) is 0 Å². The lowest BCUT2D eigenvalue weighted by atomic mass is 9.81. The van der Waals surface area contributed by atoms with Gasteiger partial charge in [-0.05, 0) is 57.4 Å². The van der Waals surface area contributed by atoms with E-state index in [9.17, 15) is 13.2 Å². The standard InChI is InChI=1S/C23H40F3N5O2/c24-23(25,26)17-13-18(27)19-22-30-29-21(33-22)16(14-8-11-32-12-9-14)7-3-1-2-5-15-6-4-10-31(15)20(17)28-19/h14-22,28-30H,1-13,27H2/t15-,16?,17?,18?,19?,20?,21?,22?/m1/s1. The van der Waals surface area contributed by atoms with Crippen LogP contribution in [0.1, 0.15) is 64.2 Å². The molecule has 5 rings (SSSR count). The predicted molar refractivity (Wildman–Crippen MR) is 118 cm³/mol. The van der Waals surface area contributed by atoms with Gasteiger partial charge in [0.2, 0.25) is 0 Å². The van der Waals surface area contributed by atoms with Gasteiger partial charge in [0.25, 0.3) is 0 Å². The number of nitrogens with zero attached hydrogens (tertiary/aromatic N) is 1.